The second-order valence-electron chi connectivity index (χ2n) is 4.61. The van der Waals surface area contributed by atoms with E-state index in [4.69, 9.17) is 16.2 Å². The van der Waals surface area contributed by atoms with Crippen molar-refractivity contribution in [2.45, 2.75) is 24.9 Å². The molecule has 1 aliphatic heterocycles. The van der Waals surface area contributed by atoms with Gasteiger partial charge in [0.1, 0.15) is 12.4 Å². The molecular formula is C13H17N3O3. The van der Waals surface area contributed by atoms with E-state index in [1.54, 1.807) is 0 Å². The fourth-order valence-electron chi connectivity index (χ4n) is 2.04. The molecule has 19 heavy (non-hydrogen) atoms. The number of hydrogen-bond donors (Lipinski definition) is 3. The van der Waals surface area contributed by atoms with E-state index < -0.39 is 11.9 Å². The summed E-state index contributed by atoms with van der Waals surface area (Å²) in [5, 5.41) is 2.77. The van der Waals surface area contributed by atoms with Crippen molar-refractivity contribution < 1.29 is 14.3 Å². The molecule has 0 aliphatic carbocycles. The summed E-state index contributed by atoms with van der Waals surface area (Å²) in [6.07, 6.45) is 0.529. The van der Waals surface area contributed by atoms with Crippen LogP contribution in [0.15, 0.2) is 24.3 Å². The highest BCUT2D eigenvalue weighted by Gasteiger charge is 2.24. The molecule has 0 radical (unpaired) electrons. The van der Waals surface area contributed by atoms with Crippen molar-refractivity contribution in [1.29, 1.82) is 0 Å². The van der Waals surface area contributed by atoms with E-state index in [2.05, 4.69) is 5.32 Å². The van der Waals surface area contributed by atoms with Crippen molar-refractivity contribution >= 4 is 11.8 Å². The average molecular weight is 263 g/mol. The van der Waals surface area contributed by atoms with E-state index in [1.807, 2.05) is 24.3 Å². The van der Waals surface area contributed by atoms with Crippen LogP contribution in [-0.2, 0) is 16.0 Å². The Morgan fingerprint density at radius 3 is 2.89 bits per heavy atom. The quantitative estimate of drug-likeness (QED) is 0.668. The molecule has 0 bridgehead atoms. The highest BCUT2D eigenvalue weighted by Crippen LogP contribution is 2.23. The number of carbonyl (C=O) groups is 2. The number of amides is 2. The van der Waals surface area contributed by atoms with Gasteiger partial charge in [-0.05, 0) is 18.1 Å². The number of primary amides is 1. The molecule has 1 aromatic carbocycles. The summed E-state index contributed by atoms with van der Waals surface area (Å²) in [6.45, 7) is 0.395. The number of para-hydroxylation sites is 1. The van der Waals surface area contributed by atoms with Gasteiger partial charge >= 0.3 is 0 Å². The van der Waals surface area contributed by atoms with Crippen LogP contribution in [0.4, 0.5) is 0 Å². The van der Waals surface area contributed by atoms with Crippen molar-refractivity contribution in [2.24, 2.45) is 11.5 Å². The first-order valence-corrected chi connectivity index (χ1v) is 6.11. The maximum absolute atomic E-state index is 11.8. The first kappa shape index (κ1) is 13.4. The van der Waals surface area contributed by atoms with Crippen molar-refractivity contribution in [3.8, 4) is 5.75 Å². The molecule has 2 amide bonds. The number of fused-ring (bicyclic) bond motifs is 1. The molecule has 0 fully saturated rings. The number of carbonyl (C=O) groups excluding carboxylic acids is 2. The lowest BCUT2D eigenvalue weighted by atomic mass is 10.0. The van der Waals surface area contributed by atoms with Crippen LogP contribution in [0.2, 0.25) is 0 Å². The minimum atomic E-state index is -0.908. The van der Waals surface area contributed by atoms with E-state index in [0.29, 0.717) is 13.0 Å². The second kappa shape index (κ2) is 5.71. The summed E-state index contributed by atoms with van der Waals surface area (Å²) in [5.74, 6) is -0.130. The minimum absolute atomic E-state index is 0.138. The van der Waals surface area contributed by atoms with Crippen LogP contribution >= 0.6 is 0 Å². The fourth-order valence-corrected chi connectivity index (χ4v) is 2.04. The fraction of sp³-hybridized carbons (Fsp3) is 0.385. The van der Waals surface area contributed by atoms with E-state index >= 15 is 0 Å². The Balaban J connectivity index is 1.91. The monoisotopic (exact) mass is 263 g/mol. The lowest BCUT2D eigenvalue weighted by Crippen LogP contribution is -2.50. The molecule has 6 nitrogen and oxygen atoms in total. The van der Waals surface area contributed by atoms with Gasteiger partial charge in [-0.3, -0.25) is 9.59 Å². The van der Waals surface area contributed by atoms with Gasteiger partial charge in [0.25, 0.3) is 0 Å². The molecule has 0 spiro atoms. The zero-order valence-corrected chi connectivity index (χ0v) is 10.5. The number of nitrogens with two attached hydrogens (primary N) is 2. The molecule has 0 saturated carbocycles. The summed E-state index contributed by atoms with van der Waals surface area (Å²) >= 11 is 0. The van der Waals surface area contributed by atoms with Crippen molar-refractivity contribution in [1.82, 2.24) is 5.32 Å². The molecular weight excluding hydrogens is 246 g/mol. The van der Waals surface area contributed by atoms with Crippen LogP contribution in [0.5, 0.6) is 5.75 Å². The van der Waals surface area contributed by atoms with E-state index in [9.17, 15) is 9.59 Å². The third-order valence-electron chi connectivity index (χ3n) is 2.98. The Labute approximate surface area is 111 Å². The molecule has 2 unspecified atom stereocenters. The molecule has 1 heterocycles. The molecule has 1 aliphatic rings. The molecule has 2 rings (SSSR count). The van der Waals surface area contributed by atoms with Crippen LogP contribution < -0.4 is 21.5 Å². The third kappa shape index (κ3) is 3.45. The Hall–Kier alpha value is -2.08. The third-order valence-corrected chi connectivity index (χ3v) is 2.98. The van der Waals surface area contributed by atoms with E-state index in [-0.39, 0.29) is 18.4 Å². The number of benzene rings is 1. The van der Waals surface area contributed by atoms with Crippen LogP contribution in [0, 0.1) is 0 Å². The number of rotatable bonds is 4. The topological polar surface area (TPSA) is 107 Å². The summed E-state index contributed by atoms with van der Waals surface area (Å²) in [7, 11) is 0. The summed E-state index contributed by atoms with van der Waals surface area (Å²) in [6, 6.07) is 6.63. The van der Waals surface area contributed by atoms with Crippen LogP contribution in [0.3, 0.4) is 0 Å². The number of nitrogens with one attached hydrogen (secondary N) is 1. The lowest BCUT2D eigenvalue weighted by Gasteiger charge is -2.26. The molecule has 2 atom stereocenters. The van der Waals surface area contributed by atoms with Gasteiger partial charge in [-0.1, -0.05) is 18.2 Å². The standard InChI is InChI=1S/C13H17N3O3/c14-10(6-12(15)17)13(18)16-9-5-8-3-1-2-4-11(8)19-7-9/h1-4,9-10H,5-7,14H2,(H2,15,17)(H,16,18). The predicted octanol–water partition coefficient (Wildman–Crippen LogP) is -0.691. The molecule has 0 aromatic heterocycles. The van der Waals surface area contributed by atoms with Crippen LogP contribution in [-0.4, -0.2) is 30.5 Å². The number of hydrogen-bond acceptors (Lipinski definition) is 4. The SMILES string of the molecule is NC(=O)CC(N)C(=O)NC1COc2ccccc2C1. The second-order valence-corrected chi connectivity index (χ2v) is 4.61. The average Bonchev–Trinajstić information content (AvgIpc) is 2.37. The maximum Gasteiger partial charge on any atom is 0.237 e. The van der Waals surface area contributed by atoms with Crippen molar-refractivity contribution in [3.63, 3.8) is 0 Å². The van der Waals surface area contributed by atoms with Gasteiger partial charge in [-0.15, -0.1) is 0 Å². The van der Waals surface area contributed by atoms with E-state index in [1.165, 1.54) is 0 Å². The van der Waals surface area contributed by atoms with Gasteiger partial charge in [0.15, 0.2) is 0 Å². The molecule has 6 heteroatoms. The number of ether oxygens (including phenoxy) is 1. The van der Waals surface area contributed by atoms with Crippen molar-refractivity contribution in [2.75, 3.05) is 6.61 Å². The van der Waals surface area contributed by atoms with Crippen molar-refractivity contribution in [3.05, 3.63) is 29.8 Å². The highest BCUT2D eigenvalue weighted by atomic mass is 16.5. The Morgan fingerprint density at radius 2 is 2.16 bits per heavy atom. The zero-order valence-electron chi connectivity index (χ0n) is 10.5. The maximum atomic E-state index is 11.8. The van der Waals surface area contributed by atoms with Gasteiger partial charge in [-0.25, -0.2) is 0 Å². The Morgan fingerprint density at radius 1 is 1.42 bits per heavy atom. The zero-order chi connectivity index (χ0) is 13.8. The summed E-state index contributed by atoms with van der Waals surface area (Å²) < 4.78 is 5.55. The molecule has 1 aromatic rings. The molecule has 5 N–H and O–H groups in total. The molecule has 0 saturated heterocycles. The van der Waals surface area contributed by atoms with E-state index in [0.717, 1.165) is 11.3 Å². The Bertz CT molecular complexity index is 490. The van der Waals surface area contributed by atoms with Crippen LogP contribution in [0.25, 0.3) is 0 Å². The van der Waals surface area contributed by atoms with Gasteiger partial charge in [0.2, 0.25) is 11.8 Å². The van der Waals surface area contributed by atoms with Crippen LogP contribution in [0.1, 0.15) is 12.0 Å². The molecule has 102 valence electrons. The van der Waals surface area contributed by atoms with Gasteiger partial charge < -0.3 is 21.5 Å². The smallest absolute Gasteiger partial charge is 0.237 e. The van der Waals surface area contributed by atoms with Gasteiger partial charge in [0.05, 0.1) is 18.5 Å². The predicted molar refractivity (Wildman–Crippen MR) is 69.4 cm³/mol. The lowest BCUT2D eigenvalue weighted by molar-refractivity contribution is -0.127. The summed E-state index contributed by atoms with van der Waals surface area (Å²) in [4.78, 5) is 22.5. The van der Waals surface area contributed by atoms with Gasteiger partial charge in [0, 0.05) is 0 Å². The van der Waals surface area contributed by atoms with Gasteiger partial charge in [-0.2, -0.15) is 0 Å². The normalized spacial score (nSPS) is 18.9. The Kier molecular flexibility index (Phi) is 4.01. The largest absolute Gasteiger partial charge is 0.491 e. The minimum Gasteiger partial charge on any atom is -0.491 e. The first-order valence-electron chi connectivity index (χ1n) is 6.11. The highest BCUT2D eigenvalue weighted by molar-refractivity contribution is 5.87. The first-order chi connectivity index (χ1) is 9.06. The summed E-state index contributed by atoms with van der Waals surface area (Å²) in [5.41, 5.74) is 11.6.